The van der Waals surface area contributed by atoms with Crippen LogP contribution in [0.3, 0.4) is 0 Å². The van der Waals surface area contributed by atoms with Crippen LogP contribution in [0.5, 0.6) is 5.75 Å². The summed E-state index contributed by atoms with van der Waals surface area (Å²) in [6, 6.07) is 5.91. The van der Waals surface area contributed by atoms with Crippen LogP contribution in [0.2, 0.25) is 0 Å². The van der Waals surface area contributed by atoms with Crippen LogP contribution in [0.25, 0.3) is 0 Å². The fourth-order valence-corrected chi connectivity index (χ4v) is 3.33. The second-order valence-electron chi connectivity index (χ2n) is 5.98. The summed E-state index contributed by atoms with van der Waals surface area (Å²) in [5.74, 6) is 0.613. The Labute approximate surface area is 136 Å². The van der Waals surface area contributed by atoms with Crippen LogP contribution in [0.15, 0.2) is 18.2 Å². The first kappa shape index (κ1) is 15.8. The van der Waals surface area contributed by atoms with E-state index in [-0.39, 0.29) is 24.3 Å². The molecule has 1 saturated heterocycles. The average Bonchev–Trinajstić information content (AvgIpc) is 3.15. The molecule has 2 amide bonds. The Balaban J connectivity index is 1.72. The number of amides is 2. The third-order valence-electron chi connectivity index (χ3n) is 4.63. The Morgan fingerprint density at radius 3 is 2.91 bits per heavy atom. The van der Waals surface area contributed by atoms with Crippen LogP contribution in [0.1, 0.15) is 23.5 Å². The summed E-state index contributed by atoms with van der Waals surface area (Å²) >= 11 is 0. The van der Waals surface area contributed by atoms with Crippen LogP contribution < -0.4 is 4.74 Å². The summed E-state index contributed by atoms with van der Waals surface area (Å²) in [5.41, 5.74) is 2.24. The lowest BCUT2D eigenvalue weighted by molar-refractivity contribution is -0.133. The van der Waals surface area contributed by atoms with E-state index in [1.165, 1.54) is 5.56 Å². The summed E-state index contributed by atoms with van der Waals surface area (Å²) in [6.45, 7) is 1.53. The number of carbonyl (C=O) groups is 2. The van der Waals surface area contributed by atoms with Crippen molar-refractivity contribution in [3.8, 4) is 5.75 Å². The Kier molecular flexibility index (Phi) is 4.52. The summed E-state index contributed by atoms with van der Waals surface area (Å²) in [6.07, 6.45) is 1.69. The van der Waals surface area contributed by atoms with E-state index in [9.17, 15) is 9.59 Å². The molecule has 2 aliphatic rings. The highest BCUT2D eigenvalue weighted by Crippen LogP contribution is 2.37. The fourth-order valence-electron chi connectivity index (χ4n) is 3.33. The molecule has 1 aromatic rings. The van der Waals surface area contributed by atoms with E-state index in [1.807, 2.05) is 18.2 Å². The first-order chi connectivity index (χ1) is 11.1. The van der Waals surface area contributed by atoms with Crippen molar-refractivity contribution in [1.82, 2.24) is 9.80 Å². The van der Waals surface area contributed by atoms with E-state index in [2.05, 4.69) is 0 Å². The van der Waals surface area contributed by atoms with Gasteiger partial charge >= 0.3 is 0 Å². The zero-order valence-corrected chi connectivity index (χ0v) is 13.6. The first-order valence-electron chi connectivity index (χ1n) is 7.86. The monoisotopic (exact) mass is 318 g/mol. The minimum atomic E-state index is -0.171. The number of hydrogen-bond acceptors (Lipinski definition) is 4. The zero-order chi connectivity index (χ0) is 16.4. The molecule has 1 unspecified atom stereocenters. The van der Waals surface area contributed by atoms with Crippen LogP contribution in [-0.2, 0) is 20.7 Å². The molecular formula is C17H22N2O4. The molecule has 1 heterocycles. The highest BCUT2D eigenvalue weighted by molar-refractivity contribution is 5.91. The molecule has 0 bridgehead atoms. The van der Waals surface area contributed by atoms with E-state index in [0.717, 1.165) is 24.2 Å². The van der Waals surface area contributed by atoms with Gasteiger partial charge in [0.1, 0.15) is 12.3 Å². The molecule has 1 atom stereocenters. The topological polar surface area (TPSA) is 59.1 Å². The molecule has 0 radical (unpaired) electrons. The Morgan fingerprint density at radius 1 is 1.35 bits per heavy atom. The van der Waals surface area contributed by atoms with Gasteiger partial charge in [0.15, 0.2) is 0 Å². The van der Waals surface area contributed by atoms with Gasteiger partial charge in [-0.15, -0.1) is 0 Å². The Morgan fingerprint density at radius 2 is 2.17 bits per heavy atom. The van der Waals surface area contributed by atoms with Gasteiger partial charge in [-0.3, -0.25) is 9.59 Å². The summed E-state index contributed by atoms with van der Waals surface area (Å²) < 4.78 is 10.3. The number of ether oxygens (including phenoxy) is 2. The largest absolute Gasteiger partial charge is 0.497 e. The lowest BCUT2D eigenvalue weighted by Crippen LogP contribution is -2.35. The maximum absolute atomic E-state index is 12.8. The van der Waals surface area contributed by atoms with Crippen molar-refractivity contribution < 1.29 is 19.1 Å². The number of benzene rings is 1. The van der Waals surface area contributed by atoms with Gasteiger partial charge in [0.2, 0.25) is 11.8 Å². The predicted molar refractivity (Wildman–Crippen MR) is 84.2 cm³/mol. The molecular weight excluding hydrogens is 296 g/mol. The van der Waals surface area contributed by atoms with Gasteiger partial charge in [-0.1, -0.05) is 6.07 Å². The maximum atomic E-state index is 12.8. The highest BCUT2D eigenvalue weighted by Gasteiger charge is 2.37. The van der Waals surface area contributed by atoms with Crippen molar-refractivity contribution in [3.05, 3.63) is 29.3 Å². The van der Waals surface area contributed by atoms with Crippen LogP contribution in [-0.4, -0.2) is 62.2 Å². The minimum absolute atomic E-state index is 0.0146. The Bertz CT molecular complexity index is 617. The normalized spacial score (nSPS) is 20.1. The SMILES string of the molecule is COCCN1CN(C(=O)C2CCc3ccc(OC)cc32)CC1=O. The third-order valence-corrected chi connectivity index (χ3v) is 4.63. The van der Waals surface area contributed by atoms with Gasteiger partial charge in [-0.05, 0) is 36.1 Å². The molecule has 1 aliphatic heterocycles. The van der Waals surface area contributed by atoms with E-state index >= 15 is 0 Å². The lowest BCUT2D eigenvalue weighted by Gasteiger charge is -2.21. The maximum Gasteiger partial charge on any atom is 0.243 e. The van der Waals surface area contributed by atoms with Crippen LogP contribution >= 0.6 is 0 Å². The van der Waals surface area contributed by atoms with Gasteiger partial charge in [-0.2, -0.15) is 0 Å². The molecule has 124 valence electrons. The number of aryl methyl sites for hydroxylation is 1. The Hall–Kier alpha value is -2.08. The standard InChI is InChI=1S/C17H22N2O4/c1-22-8-7-18-11-19(10-16(18)20)17(21)14-6-4-12-3-5-13(23-2)9-15(12)14/h3,5,9,14H,4,6-8,10-11H2,1-2H3. The molecule has 23 heavy (non-hydrogen) atoms. The molecule has 6 nitrogen and oxygen atoms in total. The smallest absolute Gasteiger partial charge is 0.243 e. The summed E-state index contributed by atoms with van der Waals surface area (Å²) in [5, 5.41) is 0. The van der Waals surface area contributed by atoms with E-state index in [0.29, 0.717) is 19.8 Å². The van der Waals surface area contributed by atoms with Crippen molar-refractivity contribution in [2.75, 3.05) is 40.6 Å². The molecule has 3 rings (SSSR count). The van der Waals surface area contributed by atoms with Gasteiger partial charge in [0.25, 0.3) is 0 Å². The molecule has 1 aliphatic carbocycles. The number of carbonyl (C=O) groups excluding carboxylic acids is 2. The predicted octanol–water partition coefficient (Wildman–Crippen LogP) is 1.000. The fraction of sp³-hybridized carbons (Fsp3) is 0.529. The molecule has 1 aromatic carbocycles. The van der Waals surface area contributed by atoms with Crippen molar-refractivity contribution in [2.24, 2.45) is 0 Å². The van der Waals surface area contributed by atoms with Gasteiger partial charge in [0.05, 0.1) is 26.3 Å². The van der Waals surface area contributed by atoms with Gasteiger partial charge in [0, 0.05) is 13.7 Å². The minimum Gasteiger partial charge on any atom is -0.497 e. The highest BCUT2D eigenvalue weighted by atomic mass is 16.5. The number of fused-ring (bicyclic) bond motifs is 1. The molecule has 0 N–H and O–H groups in total. The van der Waals surface area contributed by atoms with Crippen molar-refractivity contribution >= 4 is 11.8 Å². The van der Waals surface area contributed by atoms with Crippen LogP contribution in [0, 0.1) is 0 Å². The van der Waals surface area contributed by atoms with Gasteiger partial charge in [-0.25, -0.2) is 0 Å². The van der Waals surface area contributed by atoms with E-state index in [1.54, 1.807) is 24.0 Å². The van der Waals surface area contributed by atoms with Gasteiger partial charge < -0.3 is 19.3 Å². The molecule has 0 aromatic heterocycles. The molecule has 6 heteroatoms. The van der Waals surface area contributed by atoms with Crippen LogP contribution in [0.4, 0.5) is 0 Å². The number of hydrogen-bond donors (Lipinski definition) is 0. The lowest BCUT2D eigenvalue weighted by atomic mass is 9.99. The molecule has 0 spiro atoms. The number of nitrogens with zero attached hydrogens (tertiary/aromatic N) is 2. The molecule has 0 saturated carbocycles. The van der Waals surface area contributed by atoms with Crippen molar-refractivity contribution in [1.29, 1.82) is 0 Å². The first-order valence-corrected chi connectivity index (χ1v) is 7.86. The zero-order valence-electron chi connectivity index (χ0n) is 13.6. The van der Waals surface area contributed by atoms with E-state index < -0.39 is 0 Å². The number of methoxy groups -OCH3 is 2. The average molecular weight is 318 g/mol. The third kappa shape index (κ3) is 3.03. The quantitative estimate of drug-likeness (QED) is 0.813. The van der Waals surface area contributed by atoms with Crippen molar-refractivity contribution in [2.45, 2.75) is 18.8 Å². The summed E-state index contributed by atoms with van der Waals surface area (Å²) in [7, 11) is 3.23. The second kappa shape index (κ2) is 6.58. The van der Waals surface area contributed by atoms with Crippen molar-refractivity contribution in [3.63, 3.8) is 0 Å². The number of rotatable bonds is 5. The van der Waals surface area contributed by atoms with E-state index in [4.69, 9.17) is 9.47 Å². The summed E-state index contributed by atoms with van der Waals surface area (Å²) in [4.78, 5) is 28.2. The molecule has 1 fully saturated rings. The second-order valence-corrected chi connectivity index (χ2v) is 5.98.